The number of rotatable bonds is 19. The van der Waals surface area contributed by atoms with Gasteiger partial charge in [-0.2, -0.15) is 0 Å². The Morgan fingerprint density at radius 2 is 0.587 bits per heavy atom. The van der Waals surface area contributed by atoms with Crippen LogP contribution in [0.2, 0.25) is 0 Å². The maximum absolute atomic E-state index is 5.72. The predicted molar refractivity (Wildman–Crippen MR) is 246 cm³/mol. The van der Waals surface area contributed by atoms with Crippen LogP contribution in [0.5, 0.6) is 28.7 Å². The Morgan fingerprint density at radius 1 is 0.365 bits per heavy atom. The fraction of sp³-hybridized carbons (Fsp3) is 0.434. The minimum Gasteiger partial charge on any atom is -0.491 e. The van der Waals surface area contributed by atoms with Crippen molar-refractivity contribution in [3.63, 3.8) is 0 Å². The molecule has 0 bridgehead atoms. The maximum atomic E-state index is 5.72. The number of hydrogen-bond donors (Lipinski definition) is 0. The molecule has 0 spiro atoms. The second-order valence-corrected chi connectivity index (χ2v) is 16.3. The van der Waals surface area contributed by atoms with Crippen LogP contribution >= 0.6 is 0 Å². The molecule has 0 aliphatic carbocycles. The minimum atomic E-state index is -0.0870. The summed E-state index contributed by atoms with van der Waals surface area (Å²) in [6, 6.07) is 46.1. The summed E-state index contributed by atoms with van der Waals surface area (Å²) in [5, 5.41) is 0. The normalized spacial score (nSPS) is 20.4. The number of hydrogen-bond acceptors (Lipinski definition) is 10. The molecule has 10 heteroatoms. The second-order valence-electron chi connectivity index (χ2n) is 16.3. The third-order valence-electron chi connectivity index (χ3n) is 10.3. The van der Waals surface area contributed by atoms with Crippen LogP contribution in [-0.2, 0) is 29.1 Å². The first-order chi connectivity index (χ1) is 30.9. The number of ether oxygens (including phenoxy) is 10. The first-order valence-electron chi connectivity index (χ1n) is 22.5. The van der Waals surface area contributed by atoms with Gasteiger partial charge in [-0.15, -0.1) is 0 Å². The molecule has 5 aliphatic rings. The van der Waals surface area contributed by atoms with Gasteiger partial charge in [0.2, 0.25) is 0 Å². The van der Waals surface area contributed by atoms with Crippen LogP contribution in [0, 0.1) is 0 Å². The molecule has 5 aromatic rings. The van der Waals surface area contributed by atoms with Crippen LogP contribution in [0.15, 0.2) is 140 Å². The molecule has 338 valence electrons. The van der Waals surface area contributed by atoms with E-state index >= 15 is 0 Å². The molecule has 5 atom stereocenters. The van der Waals surface area contributed by atoms with Crippen molar-refractivity contribution in [3.05, 3.63) is 151 Å². The molecule has 0 radical (unpaired) electrons. The summed E-state index contributed by atoms with van der Waals surface area (Å²) < 4.78 is 53.0. The Hall–Kier alpha value is -5.10. The average Bonchev–Trinajstić information content (AvgIpc) is 4.12. The highest BCUT2D eigenvalue weighted by molar-refractivity contribution is 5.42. The Morgan fingerprint density at radius 3 is 0.778 bits per heavy atom. The monoisotopic (exact) mass is 862 g/mol. The van der Waals surface area contributed by atoms with E-state index in [1.54, 1.807) is 0 Å². The van der Waals surface area contributed by atoms with Crippen molar-refractivity contribution < 1.29 is 47.4 Å². The lowest BCUT2D eigenvalue weighted by Gasteiger charge is -2.26. The predicted octanol–water partition coefficient (Wildman–Crippen LogP) is 10.2. The van der Waals surface area contributed by atoms with Crippen LogP contribution in [0.3, 0.4) is 0 Å². The zero-order valence-electron chi connectivity index (χ0n) is 37.4. The van der Waals surface area contributed by atoms with E-state index in [-0.39, 0.29) is 17.6 Å². The summed E-state index contributed by atoms with van der Waals surface area (Å²) in [7, 11) is 0. The quantitative estimate of drug-likeness (QED) is 0.0745. The molecule has 5 heterocycles. The Balaban J connectivity index is 0.000000146. The third kappa shape index (κ3) is 19.9. The largest absolute Gasteiger partial charge is 0.491 e. The lowest BCUT2D eigenvalue weighted by Crippen LogP contribution is -2.18. The molecule has 5 aliphatic heterocycles. The highest BCUT2D eigenvalue weighted by Gasteiger charge is 2.27. The van der Waals surface area contributed by atoms with Crippen molar-refractivity contribution in [3.8, 4) is 28.7 Å². The van der Waals surface area contributed by atoms with Crippen molar-refractivity contribution in [2.45, 2.75) is 82.9 Å². The highest BCUT2D eigenvalue weighted by atomic mass is 16.6. The van der Waals surface area contributed by atoms with Crippen molar-refractivity contribution in [2.24, 2.45) is 0 Å². The van der Waals surface area contributed by atoms with E-state index in [2.05, 4.69) is 52.0 Å². The first kappa shape index (κ1) is 47.4. The Kier molecular flexibility index (Phi) is 19.5. The van der Waals surface area contributed by atoms with E-state index in [0.717, 1.165) is 61.8 Å². The summed E-state index contributed by atoms with van der Waals surface area (Å²) in [6.07, 6.45) is 5.67. The van der Waals surface area contributed by atoms with E-state index in [1.165, 1.54) is 30.4 Å². The molecule has 10 nitrogen and oxygen atoms in total. The molecule has 63 heavy (non-hydrogen) atoms. The van der Waals surface area contributed by atoms with Crippen LogP contribution in [0.25, 0.3) is 0 Å². The molecule has 10 rings (SSSR count). The summed E-state index contributed by atoms with van der Waals surface area (Å²) in [5.74, 6) is 4.54. The molecule has 0 N–H and O–H groups in total. The van der Waals surface area contributed by atoms with Gasteiger partial charge < -0.3 is 47.4 Å². The summed E-state index contributed by atoms with van der Waals surface area (Å²) in [5.41, 5.74) is 2.42. The topological polar surface area (TPSA) is 109 Å². The fourth-order valence-corrected chi connectivity index (χ4v) is 5.77. The van der Waals surface area contributed by atoms with Gasteiger partial charge in [0, 0.05) is 5.41 Å². The molecular formula is C53H66O10. The highest BCUT2D eigenvalue weighted by Crippen LogP contribution is 2.33. The first-order valence-corrected chi connectivity index (χ1v) is 22.5. The third-order valence-corrected chi connectivity index (χ3v) is 10.3. The summed E-state index contributed by atoms with van der Waals surface area (Å²) in [6.45, 7) is 16.4. The van der Waals surface area contributed by atoms with Crippen molar-refractivity contribution in [2.75, 3.05) is 66.1 Å². The molecular weight excluding hydrogens is 797 g/mol. The summed E-state index contributed by atoms with van der Waals surface area (Å²) in [4.78, 5) is 0. The van der Waals surface area contributed by atoms with Gasteiger partial charge in [0.1, 0.15) is 92.3 Å². The van der Waals surface area contributed by atoms with Crippen molar-refractivity contribution >= 4 is 0 Å². The molecule has 5 aromatic carbocycles. The molecule has 0 saturated carbocycles. The van der Waals surface area contributed by atoms with Crippen LogP contribution in [0.4, 0.5) is 0 Å². The lowest BCUT2D eigenvalue weighted by molar-refractivity contribution is 0.263. The fourth-order valence-electron chi connectivity index (χ4n) is 5.77. The number of para-hydroxylation sites is 3. The summed E-state index contributed by atoms with van der Waals surface area (Å²) >= 11 is 0. The zero-order valence-corrected chi connectivity index (χ0v) is 37.4. The Bertz CT molecular complexity index is 1740. The molecule has 5 unspecified atom stereocenters. The lowest BCUT2D eigenvalue weighted by atomic mass is 9.78. The van der Waals surface area contributed by atoms with Gasteiger partial charge in [-0.3, -0.25) is 0 Å². The SMILES string of the molecule is CC(C)(c1ccc(OCC2CO2)cc1)c1ccc(OCC2CO2)cc1.CCCCC.c1ccc(OCC2CO2)cc1.c1ccc(OCC2CO2)cc1.c1ccc(OCC2CO2)cc1. The maximum Gasteiger partial charge on any atom is 0.119 e. The van der Waals surface area contributed by atoms with E-state index in [1.807, 2.05) is 115 Å². The smallest absolute Gasteiger partial charge is 0.119 e. The minimum absolute atomic E-state index is 0.0870. The standard InChI is InChI=1S/C21H24O4.3C9H10O2.C5H12/c1-21(2,15-3-7-17(8-4-15)22-11-19-13-24-19)16-5-9-18(10-6-16)23-12-20-14-25-20;3*1-2-4-8(5-3-1)10-6-9-7-11-9;1-3-5-4-2/h3-10,19-20H,11-14H2,1-2H3;3*1-5,9H,6-7H2;3-5H2,1-2H3. The van der Waals surface area contributed by atoms with E-state index in [0.29, 0.717) is 51.3 Å². The van der Waals surface area contributed by atoms with Gasteiger partial charge in [-0.05, 0) is 71.8 Å². The van der Waals surface area contributed by atoms with Crippen LogP contribution in [-0.4, -0.2) is 96.6 Å². The number of epoxide rings is 5. The van der Waals surface area contributed by atoms with Gasteiger partial charge in [0.05, 0.1) is 33.0 Å². The number of benzene rings is 5. The van der Waals surface area contributed by atoms with E-state index in [4.69, 9.17) is 47.4 Å². The molecule has 5 saturated heterocycles. The van der Waals surface area contributed by atoms with E-state index in [9.17, 15) is 0 Å². The molecule has 5 fully saturated rings. The van der Waals surface area contributed by atoms with Gasteiger partial charge in [0.15, 0.2) is 0 Å². The van der Waals surface area contributed by atoms with E-state index < -0.39 is 0 Å². The number of unbranched alkanes of at least 4 members (excludes halogenated alkanes) is 2. The van der Waals surface area contributed by atoms with Crippen molar-refractivity contribution in [1.29, 1.82) is 0 Å². The van der Waals surface area contributed by atoms with Crippen LogP contribution < -0.4 is 23.7 Å². The zero-order chi connectivity index (χ0) is 44.0. The van der Waals surface area contributed by atoms with Gasteiger partial charge in [-0.25, -0.2) is 0 Å². The van der Waals surface area contributed by atoms with Gasteiger partial charge in [-0.1, -0.05) is 126 Å². The molecule has 0 aromatic heterocycles. The van der Waals surface area contributed by atoms with Crippen LogP contribution in [0.1, 0.15) is 58.1 Å². The molecule has 0 amide bonds. The Labute approximate surface area is 374 Å². The van der Waals surface area contributed by atoms with Crippen molar-refractivity contribution in [1.82, 2.24) is 0 Å². The second kappa shape index (κ2) is 25.9. The van der Waals surface area contributed by atoms with Gasteiger partial charge in [0.25, 0.3) is 0 Å². The van der Waals surface area contributed by atoms with Gasteiger partial charge >= 0.3 is 0 Å². The average molecular weight is 863 g/mol.